The molecular weight excluding hydrogens is 152 g/mol. The predicted octanol–water partition coefficient (Wildman–Crippen LogP) is 1.10. The fourth-order valence-electron chi connectivity index (χ4n) is 0.954. The van der Waals surface area contributed by atoms with Crippen LogP contribution in [0.5, 0.6) is 0 Å². The second-order valence-corrected chi connectivity index (χ2v) is 2.88. The summed E-state index contributed by atoms with van der Waals surface area (Å²) in [6.45, 7) is 3.87. The maximum Gasteiger partial charge on any atom is 0.131 e. The minimum Gasteiger partial charge on any atom is -0.393 e. The Hall–Kier alpha value is -0.960. The van der Waals surface area contributed by atoms with Crippen molar-refractivity contribution in [2.24, 2.45) is 0 Å². The van der Waals surface area contributed by atoms with Crippen molar-refractivity contribution in [2.45, 2.75) is 32.8 Å². The lowest BCUT2D eigenvalue weighted by Gasteiger charge is -2.05. The topological polar surface area (TPSA) is 46.0 Å². The van der Waals surface area contributed by atoms with E-state index in [1.807, 2.05) is 19.9 Å². The van der Waals surface area contributed by atoms with Crippen LogP contribution in [0.1, 0.15) is 24.9 Å². The molecule has 0 saturated carbocycles. The number of aryl methyl sites for hydroxylation is 1. The standard InChI is InChI=1S/C9H14N2O/c1-3-8(12)6-9-10-5-4-7(2)11-9/h4-5,8,12H,3,6H2,1-2H3. The fraction of sp³-hybridized carbons (Fsp3) is 0.556. The van der Waals surface area contributed by atoms with Crippen molar-refractivity contribution < 1.29 is 5.11 Å². The van der Waals surface area contributed by atoms with Gasteiger partial charge in [-0.2, -0.15) is 0 Å². The first kappa shape index (κ1) is 9.13. The van der Waals surface area contributed by atoms with Crippen LogP contribution in [0.2, 0.25) is 0 Å². The molecule has 0 spiro atoms. The highest BCUT2D eigenvalue weighted by atomic mass is 16.3. The lowest BCUT2D eigenvalue weighted by molar-refractivity contribution is 0.168. The zero-order valence-electron chi connectivity index (χ0n) is 7.49. The molecule has 0 fully saturated rings. The smallest absolute Gasteiger partial charge is 0.131 e. The predicted molar refractivity (Wildman–Crippen MR) is 46.8 cm³/mol. The average molecular weight is 166 g/mol. The lowest BCUT2D eigenvalue weighted by atomic mass is 10.2. The Balaban J connectivity index is 2.63. The van der Waals surface area contributed by atoms with Crippen molar-refractivity contribution >= 4 is 0 Å². The molecule has 0 aliphatic carbocycles. The fourth-order valence-corrected chi connectivity index (χ4v) is 0.954. The van der Waals surface area contributed by atoms with E-state index < -0.39 is 0 Å². The van der Waals surface area contributed by atoms with Gasteiger partial charge in [0.1, 0.15) is 5.82 Å². The Kier molecular flexibility index (Phi) is 3.17. The van der Waals surface area contributed by atoms with Gasteiger partial charge < -0.3 is 5.11 Å². The minimum absolute atomic E-state index is 0.313. The van der Waals surface area contributed by atoms with E-state index in [2.05, 4.69) is 9.97 Å². The molecule has 1 aromatic heterocycles. The summed E-state index contributed by atoms with van der Waals surface area (Å²) in [4.78, 5) is 8.25. The molecule has 1 atom stereocenters. The van der Waals surface area contributed by atoms with E-state index in [4.69, 9.17) is 0 Å². The summed E-state index contributed by atoms with van der Waals surface area (Å²) < 4.78 is 0. The Morgan fingerprint density at radius 2 is 2.33 bits per heavy atom. The quantitative estimate of drug-likeness (QED) is 0.731. The maximum atomic E-state index is 9.32. The van der Waals surface area contributed by atoms with Gasteiger partial charge in [-0.25, -0.2) is 9.97 Å². The summed E-state index contributed by atoms with van der Waals surface area (Å²) in [5.41, 5.74) is 0.948. The van der Waals surface area contributed by atoms with Crippen LogP contribution in [-0.4, -0.2) is 21.2 Å². The van der Waals surface area contributed by atoms with Crippen LogP contribution in [0.15, 0.2) is 12.3 Å². The number of aliphatic hydroxyl groups excluding tert-OH is 1. The van der Waals surface area contributed by atoms with E-state index >= 15 is 0 Å². The third kappa shape index (κ3) is 2.58. The minimum atomic E-state index is -0.313. The first-order valence-corrected chi connectivity index (χ1v) is 4.19. The number of rotatable bonds is 3. The van der Waals surface area contributed by atoms with Gasteiger partial charge in [0.05, 0.1) is 6.10 Å². The second-order valence-electron chi connectivity index (χ2n) is 2.88. The Labute approximate surface area is 72.5 Å². The molecule has 0 aromatic carbocycles. The number of aromatic nitrogens is 2. The van der Waals surface area contributed by atoms with Crippen LogP contribution in [0.25, 0.3) is 0 Å². The molecule has 1 heterocycles. The Morgan fingerprint density at radius 1 is 1.58 bits per heavy atom. The lowest BCUT2D eigenvalue weighted by Crippen LogP contribution is -2.11. The SMILES string of the molecule is CCC(O)Cc1nccc(C)n1. The van der Waals surface area contributed by atoms with Crippen LogP contribution in [-0.2, 0) is 6.42 Å². The third-order valence-corrected chi connectivity index (χ3v) is 1.73. The number of hydrogen-bond donors (Lipinski definition) is 1. The highest BCUT2D eigenvalue weighted by Gasteiger charge is 2.04. The maximum absolute atomic E-state index is 9.32. The van der Waals surface area contributed by atoms with Gasteiger partial charge in [-0.1, -0.05) is 6.92 Å². The normalized spacial score (nSPS) is 12.9. The summed E-state index contributed by atoms with van der Waals surface area (Å²) in [6, 6.07) is 1.85. The van der Waals surface area contributed by atoms with Crippen LogP contribution in [0, 0.1) is 6.92 Å². The van der Waals surface area contributed by atoms with E-state index in [1.165, 1.54) is 0 Å². The van der Waals surface area contributed by atoms with E-state index in [-0.39, 0.29) is 6.10 Å². The molecule has 3 heteroatoms. The zero-order valence-corrected chi connectivity index (χ0v) is 7.49. The monoisotopic (exact) mass is 166 g/mol. The highest BCUT2D eigenvalue weighted by Crippen LogP contribution is 2.00. The summed E-state index contributed by atoms with van der Waals surface area (Å²) in [7, 11) is 0. The molecule has 0 aliphatic heterocycles. The van der Waals surface area contributed by atoms with E-state index in [9.17, 15) is 5.11 Å². The molecular formula is C9H14N2O. The molecule has 1 N–H and O–H groups in total. The van der Waals surface area contributed by atoms with Crippen LogP contribution >= 0.6 is 0 Å². The van der Waals surface area contributed by atoms with Crippen molar-refractivity contribution in [3.63, 3.8) is 0 Å². The first-order valence-electron chi connectivity index (χ1n) is 4.19. The summed E-state index contributed by atoms with van der Waals surface area (Å²) in [5.74, 6) is 0.726. The molecule has 0 bridgehead atoms. The number of aliphatic hydroxyl groups is 1. The van der Waals surface area contributed by atoms with Crippen LogP contribution in [0.4, 0.5) is 0 Å². The number of nitrogens with zero attached hydrogens (tertiary/aromatic N) is 2. The molecule has 0 aliphatic rings. The largest absolute Gasteiger partial charge is 0.393 e. The summed E-state index contributed by atoms with van der Waals surface area (Å²) >= 11 is 0. The molecule has 3 nitrogen and oxygen atoms in total. The molecule has 1 rings (SSSR count). The molecule has 0 radical (unpaired) electrons. The van der Waals surface area contributed by atoms with Crippen LogP contribution < -0.4 is 0 Å². The molecule has 0 saturated heterocycles. The molecule has 0 amide bonds. The van der Waals surface area contributed by atoms with Gasteiger partial charge in [0.15, 0.2) is 0 Å². The van der Waals surface area contributed by atoms with E-state index in [0.29, 0.717) is 6.42 Å². The van der Waals surface area contributed by atoms with Gasteiger partial charge >= 0.3 is 0 Å². The van der Waals surface area contributed by atoms with Crippen molar-refractivity contribution in [1.29, 1.82) is 0 Å². The summed E-state index contributed by atoms with van der Waals surface area (Å²) in [5, 5.41) is 9.32. The van der Waals surface area contributed by atoms with E-state index in [0.717, 1.165) is 17.9 Å². The molecule has 1 unspecified atom stereocenters. The van der Waals surface area contributed by atoms with Crippen molar-refractivity contribution in [3.8, 4) is 0 Å². The van der Waals surface area contributed by atoms with Crippen molar-refractivity contribution in [3.05, 3.63) is 23.8 Å². The Morgan fingerprint density at radius 3 is 2.92 bits per heavy atom. The van der Waals surface area contributed by atoms with Gasteiger partial charge in [-0.3, -0.25) is 0 Å². The van der Waals surface area contributed by atoms with Crippen molar-refractivity contribution in [2.75, 3.05) is 0 Å². The third-order valence-electron chi connectivity index (χ3n) is 1.73. The highest BCUT2D eigenvalue weighted by molar-refractivity contribution is 5.00. The summed E-state index contributed by atoms with van der Waals surface area (Å²) in [6.07, 6.45) is 2.71. The van der Waals surface area contributed by atoms with Gasteiger partial charge in [0.25, 0.3) is 0 Å². The number of hydrogen-bond acceptors (Lipinski definition) is 3. The van der Waals surface area contributed by atoms with Gasteiger partial charge in [-0.05, 0) is 19.4 Å². The second kappa shape index (κ2) is 4.16. The zero-order chi connectivity index (χ0) is 8.97. The first-order chi connectivity index (χ1) is 5.72. The average Bonchev–Trinajstić information content (AvgIpc) is 2.04. The van der Waals surface area contributed by atoms with Gasteiger partial charge in [0.2, 0.25) is 0 Å². The van der Waals surface area contributed by atoms with Gasteiger partial charge in [0, 0.05) is 18.3 Å². The van der Waals surface area contributed by atoms with Crippen LogP contribution in [0.3, 0.4) is 0 Å². The van der Waals surface area contributed by atoms with E-state index in [1.54, 1.807) is 6.20 Å². The van der Waals surface area contributed by atoms with Gasteiger partial charge in [-0.15, -0.1) is 0 Å². The molecule has 12 heavy (non-hydrogen) atoms. The molecule has 1 aromatic rings. The Bertz CT molecular complexity index is 250. The van der Waals surface area contributed by atoms with Crippen molar-refractivity contribution in [1.82, 2.24) is 9.97 Å². The molecule has 66 valence electrons.